The third-order valence-corrected chi connectivity index (χ3v) is 13.0. The first-order valence-corrected chi connectivity index (χ1v) is 25.8. The summed E-state index contributed by atoms with van der Waals surface area (Å²) in [5.74, 6) is 1.47. The van der Waals surface area contributed by atoms with E-state index < -0.39 is 39.1 Å². The predicted octanol–water partition coefficient (Wildman–Crippen LogP) is 9.60. The SMILES string of the molecule is CCOP(=O)(Cc1csc(NC(=O)c2cc(Oc3ccc(S(C)(=O)=O)cc3)cc(OC(C)C)c2)n1)OCC.COC(=O)c1cc(Oc2ccc(S(C)(=O)=O)cc2)cc(OC(C)C)c1. The first-order valence-electron chi connectivity index (χ1n) is 19.4. The Hall–Kier alpha value is -5.30. The molecule has 0 radical (unpaired) electrons. The largest absolute Gasteiger partial charge is 0.491 e. The Morgan fingerprint density at radius 2 is 1.10 bits per heavy atom. The van der Waals surface area contributed by atoms with Gasteiger partial charge in [-0.3, -0.25) is 14.7 Å². The highest BCUT2D eigenvalue weighted by Gasteiger charge is 2.26. The molecule has 20 heteroatoms. The van der Waals surface area contributed by atoms with E-state index in [1.54, 1.807) is 61.7 Å². The van der Waals surface area contributed by atoms with E-state index in [1.807, 2.05) is 27.7 Å². The first-order chi connectivity index (χ1) is 29.6. The van der Waals surface area contributed by atoms with Crippen molar-refractivity contribution in [2.75, 3.05) is 38.2 Å². The number of aromatic nitrogens is 1. The van der Waals surface area contributed by atoms with E-state index in [1.165, 1.54) is 60.9 Å². The second-order valence-corrected chi connectivity index (χ2v) is 21.0. The third kappa shape index (κ3) is 16.1. The smallest absolute Gasteiger partial charge is 0.338 e. The Morgan fingerprint density at radius 3 is 1.51 bits per heavy atom. The number of anilines is 1. The van der Waals surface area contributed by atoms with E-state index in [2.05, 4.69) is 10.3 Å². The topological polar surface area (TPSA) is 209 Å². The van der Waals surface area contributed by atoms with Gasteiger partial charge < -0.3 is 32.7 Å². The monoisotopic (exact) mass is 946 g/mol. The molecule has 0 bridgehead atoms. The lowest BCUT2D eigenvalue weighted by atomic mass is 10.2. The summed E-state index contributed by atoms with van der Waals surface area (Å²) >= 11 is 1.19. The van der Waals surface area contributed by atoms with Gasteiger partial charge in [0.25, 0.3) is 5.91 Å². The standard InChI is InChI=1S/C25H31N2O8PS2.C18H20O6S/c1-6-32-36(29,33-7-2)15-19-16-37-25(26-19)27-24(28)18-12-21(34-17(3)4)14-22(13-18)35-20-8-10-23(11-9-20)38(5,30)31;1-12(2)23-15-9-13(18(19)22-3)10-16(11-15)24-14-5-7-17(8-6-14)25(4,20)21/h8-14,16-17H,6-7,15H2,1-5H3,(H,26,27,28);5-12H,1-4H3. The second-order valence-electron chi connectivity index (χ2n) is 14.1. The summed E-state index contributed by atoms with van der Waals surface area (Å²) in [6, 6.07) is 21.5. The van der Waals surface area contributed by atoms with E-state index >= 15 is 0 Å². The first kappa shape index (κ1) is 50.3. The summed E-state index contributed by atoms with van der Waals surface area (Å²) in [5, 5.41) is 4.75. The second kappa shape index (κ2) is 22.4. The van der Waals surface area contributed by atoms with Crippen LogP contribution in [-0.2, 0) is 44.2 Å². The molecule has 340 valence electrons. The molecule has 63 heavy (non-hydrogen) atoms. The molecule has 1 N–H and O–H groups in total. The number of nitrogens with one attached hydrogen (secondary N) is 1. The van der Waals surface area contributed by atoms with Gasteiger partial charge in [-0.2, -0.15) is 0 Å². The van der Waals surface area contributed by atoms with Crippen molar-refractivity contribution >= 4 is 55.6 Å². The average molecular weight is 947 g/mol. The fraction of sp³-hybridized carbons (Fsp3) is 0.326. The number of sulfone groups is 2. The number of nitrogens with zero attached hydrogens (tertiary/aromatic N) is 1. The van der Waals surface area contributed by atoms with Crippen molar-refractivity contribution in [2.45, 2.75) is 69.7 Å². The van der Waals surface area contributed by atoms with Gasteiger partial charge in [-0.1, -0.05) is 0 Å². The maximum atomic E-state index is 13.1. The van der Waals surface area contributed by atoms with Crippen molar-refractivity contribution in [3.05, 3.63) is 107 Å². The highest BCUT2D eigenvalue weighted by molar-refractivity contribution is 7.91. The van der Waals surface area contributed by atoms with Gasteiger partial charge in [0.15, 0.2) is 24.8 Å². The van der Waals surface area contributed by atoms with E-state index in [-0.39, 0.29) is 46.9 Å². The number of thiazole rings is 1. The van der Waals surface area contributed by atoms with Crippen LogP contribution in [0, 0.1) is 0 Å². The van der Waals surface area contributed by atoms with Crippen LogP contribution < -0.4 is 24.3 Å². The summed E-state index contributed by atoms with van der Waals surface area (Å²) in [6.45, 7) is 11.4. The van der Waals surface area contributed by atoms with Crippen LogP contribution in [0.2, 0.25) is 0 Å². The van der Waals surface area contributed by atoms with E-state index in [4.69, 9.17) is 32.7 Å². The third-order valence-electron chi connectivity index (χ3n) is 7.94. The molecule has 0 aliphatic rings. The van der Waals surface area contributed by atoms with Crippen molar-refractivity contribution in [3.63, 3.8) is 0 Å². The molecular formula is C43H51N2O14PS3. The number of hydrogen-bond acceptors (Lipinski definition) is 16. The Morgan fingerprint density at radius 1 is 0.667 bits per heavy atom. The lowest BCUT2D eigenvalue weighted by molar-refractivity contribution is 0.0599. The fourth-order valence-electron chi connectivity index (χ4n) is 5.42. The van der Waals surface area contributed by atoms with Crippen molar-refractivity contribution < 1.29 is 63.7 Å². The molecule has 1 aromatic heterocycles. The lowest BCUT2D eigenvalue weighted by Gasteiger charge is -2.15. The molecule has 0 aliphatic heterocycles. The molecule has 0 saturated heterocycles. The maximum absolute atomic E-state index is 13.1. The van der Waals surface area contributed by atoms with Crippen LogP contribution in [0.15, 0.2) is 100 Å². The Kier molecular flexibility index (Phi) is 17.9. The van der Waals surface area contributed by atoms with Gasteiger partial charge in [-0.15, -0.1) is 11.3 Å². The molecule has 0 aliphatic carbocycles. The molecule has 0 fully saturated rings. The zero-order chi connectivity index (χ0) is 46.5. The Bertz CT molecular complexity index is 2600. The van der Waals surface area contributed by atoms with E-state index in [0.717, 1.165) is 12.5 Å². The number of methoxy groups -OCH3 is 1. The summed E-state index contributed by atoms with van der Waals surface area (Å²) in [7, 11) is -8.64. The Balaban J connectivity index is 0.000000302. The summed E-state index contributed by atoms with van der Waals surface area (Å²) in [4.78, 5) is 29.6. The summed E-state index contributed by atoms with van der Waals surface area (Å²) < 4.78 is 97.6. The van der Waals surface area contributed by atoms with Crippen molar-refractivity contribution in [1.82, 2.24) is 4.98 Å². The molecule has 0 unspecified atom stereocenters. The van der Waals surface area contributed by atoms with Gasteiger partial charge in [-0.25, -0.2) is 26.6 Å². The number of carbonyl (C=O) groups excluding carboxylic acids is 2. The highest BCUT2D eigenvalue weighted by Crippen LogP contribution is 2.51. The van der Waals surface area contributed by atoms with Crippen molar-refractivity contribution in [2.24, 2.45) is 0 Å². The van der Waals surface area contributed by atoms with Crippen LogP contribution in [0.5, 0.6) is 34.5 Å². The molecule has 0 atom stereocenters. The van der Waals surface area contributed by atoms with Crippen LogP contribution >= 0.6 is 18.9 Å². The number of rotatable bonds is 19. The van der Waals surface area contributed by atoms with Gasteiger partial charge in [0.2, 0.25) is 0 Å². The molecule has 1 heterocycles. The number of ether oxygens (including phenoxy) is 5. The van der Waals surface area contributed by atoms with Gasteiger partial charge >= 0.3 is 13.6 Å². The molecule has 1 amide bonds. The number of benzene rings is 4. The minimum absolute atomic E-state index is 0.00509. The zero-order valence-electron chi connectivity index (χ0n) is 36.3. The van der Waals surface area contributed by atoms with Crippen LogP contribution in [0.3, 0.4) is 0 Å². The maximum Gasteiger partial charge on any atom is 0.338 e. The van der Waals surface area contributed by atoms with E-state index in [9.17, 15) is 31.0 Å². The quantitative estimate of drug-likeness (QED) is 0.0604. The molecule has 5 rings (SSSR count). The minimum Gasteiger partial charge on any atom is -0.491 e. The van der Waals surface area contributed by atoms with Crippen LogP contribution in [0.25, 0.3) is 0 Å². The molecule has 16 nitrogen and oxygen atoms in total. The molecule has 0 saturated carbocycles. The highest BCUT2D eigenvalue weighted by atomic mass is 32.2. The van der Waals surface area contributed by atoms with Crippen molar-refractivity contribution in [1.29, 1.82) is 0 Å². The molecule has 0 spiro atoms. The zero-order valence-corrected chi connectivity index (χ0v) is 39.6. The Labute approximate surface area is 372 Å². The van der Waals surface area contributed by atoms with Gasteiger partial charge in [0.05, 0.1) is 59.7 Å². The predicted molar refractivity (Wildman–Crippen MR) is 240 cm³/mol. The number of hydrogen-bond donors (Lipinski definition) is 1. The van der Waals surface area contributed by atoms with Crippen molar-refractivity contribution in [3.8, 4) is 34.5 Å². The summed E-state index contributed by atoms with van der Waals surface area (Å²) in [5.41, 5.74) is 1.04. The van der Waals surface area contributed by atoms with Gasteiger partial charge in [-0.05, 0) is 114 Å². The van der Waals surface area contributed by atoms with E-state index in [0.29, 0.717) is 50.9 Å². The fourth-order valence-corrected chi connectivity index (χ4v) is 9.11. The average Bonchev–Trinajstić information content (AvgIpc) is 3.62. The minimum atomic E-state index is -3.34. The number of esters is 1. The van der Waals surface area contributed by atoms with Crippen LogP contribution in [0.4, 0.5) is 5.13 Å². The van der Waals surface area contributed by atoms with Gasteiger partial charge in [0, 0.05) is 35.6 Å². The molecule has 4 aromatic carbocycles. The van der Waals surface area contributed by atoms with Gasteiger partial charge in [0.1, 0.15) is 34.5 Å². The molecule has 5 aromatic rings. The molecular weight excluding hydrogens is 896 g/mol. The van der Waals surface area contributed by atoms with Crippen LogP contribution in [-0.4, -0.2) is 78.7 Å². The normalized spacial score (nSPS) is 11.7. The van der Waals surface area contributed by atoms with Crippen LogP contribution in [0.1, 0.15) is 68.0 Å². The number of amides is 1. The number of carbonyl (C=O) groups is 2. The lowest BCUT2D eigenvalue weighted by Crippen LogP contribution is -2.13. The summed E-state index contributed by atoms with van der Waals surface area (Å²) in [6.07, 6.45) is 2.04.